The van der Waals surface area contributed by atoms with E-state index in [0.29, 0.717) is 23.7 Å². The standard InChI is InChI=1S/C20H18BrN3O4/c1-2-27-18-6-4-3-5-15(18)22-19(25)12-28-20(26)17-11-16(23-24-17)13-7-9-14(21)10-8-13/h3-11H,2,12H2,1H3,(H,22,25)(H,23,24). The summed E-state index contributed by atoms with van der Waals surface area (Å²) in [6.45, 7) is 1.90. The lowest BCUT2D eigenvalue weighted by Crippen LogP contribution is -2.21. The van der Waals surface area contributed by atoms with Crippen LogP contribution in [0.15, 0.2) is 59.1 Å². The average Bonchev–Trinajstić information content (AvgIpc) is 3.19. The Hall–Kier alpha value is -3.13. The lowest BCUT2D eigenvalue weighted by Gasteiger charge is -2.11. The number of halogens is 1. The molecule has 0 aliphatic rings. The summed E-state index contributed by atoms with van der Waals surface area (Å²) in [6, 6.07) is 16.1. The van der Waals surface area contributed by atoms with E-state index in [1.807, 2.05) is 37.3 Å². The number of hydrogen-bond donors (Lipinski definition) is 2. The molecule has 28 heavy (non-hydrogen) atoms. The third-order valence-electron chi connectivity index (χ3n) is 3.73. The van der Waals surface area contributed by atoms with Gasteiger partial charge in [-0.3, -0.25) is 9.89 Å². The minimum absolute atomic E-state index is 0.167. The predicted molar refractivity (Wildman–Crippen MR) is 108 cm³/mol. The van der Waals surface area contributed by atoms with Gasteiger partial charge in [-0.2, -0.15) is 5.10 Å². The molecule has 0 aliphatic heterocycles. The van der Waals surface area contributed by atoms with Crippen LogP contribution in [0.2, 0.25) is 0 Å². The summed E-state index contributed by atoms with van der Waals surface area (Å²) in [6.07, 6.45) is 0. The van der Waals surface area contributed by atoms with Crippen molar-refractivity contribution in [3.8, 4) is 17.0 Å². The zero-order chi connectivity index (χ0) is 19.9. The van der Waals surface area contributed by atoms with E-state index in [9.17, 15) is 9.59 Å². The number of hydrogen-bond acceptors (Lipinski definition) is 5. The predicted octanol–water partition coefficient (Wildman–Crippen LogP) is 4.03. The molecule has 0 aliphatic carbocycles. The van der Waals surface area contributed by atoms with Gasteiger partial charge in [0.1, 0.15) is 11.4 Å². The van der Waals surface area contributed by atoms with Crippen molar-refractivity contribution in [2.45, 2.75) is 6.92 Å². The molecule has 0 spiro atoms. The van der Waals surface area contributed by atoms with Crippen LogP contribution in [0.25, 0.3) is 11.3 Å². The van der Waals surface area contributed by atoms with Crippen molar-refractivity contribution in [1.29, 1.82) is 0 Å². The summed E-state index contributed by atoms with van der Waals surface area (Å²) in [5.41, 5.74) is 2.14. The molecule has 2 N–H and O–H groups in total. The summed E-state index contributed by atoms with van der Waals surface area (Å²) >= 11 is 3.37. The van der Waals surface area contributed by atoms with Crippen LogP contribution in [-0.2, 0) is 9.53 Å². The first-order valence-electron chi connectivity index (χ1n) is 8.57. The van der Waals surface area contributed by atoms with E-state index in [2.05, 4.69) is 31.4 Å². The molecule has 0 fully saturated rings. The van der Waals surface area contributed by atoms with Crippen molar-refractivity contribution in [2.75, 3.05) is 18.5 Å². The molecule has 0 unspecified atom stereocenters. The number of nitrogens with zero attached hydrogens (tertiary/aromatic N) is 1. The summed E-state index contributed by atoms with van der Waals surface area (Å²) in [5.74, 6) is -0.574. The Morgan fingerprint density at radius 1 is 1.14 bits per heavy atom. The van der Waals surface area contributed by atoms with Gasteiger partial charge in [0, 0.05) is 10.0 Å². The summed E-state index contributed by atoms with van der Waals surface area (Å²) in [5, 5.41) is 9.40. The first-order valence-corrected chi connectivity index (χ1v) is 9.36. The molecule has 2 aromatic carbocycles. The first-order chi connectivity index (χ1) is 13.6. The third kappa shape index (κ3) is 4.98. The van der Waals surface area contributed by atoms with Crippen LogP contribution in [0.5, 0.6) is 5.75 Å². The van der Waals surface area contributed by atoms with Gasteiger partial charge in [-0.1, -0.05) is 40.2 Å². The van der Waals surface area contributed by atoms with Crippen molar-refractivity contribution in [2.24, 2.45) is 0 Å². The number of H-pyrrole nitrogens is 1. The molecular weight excluding hydrogens is 426 g/mol. The Kier molecular flexibility index (Phi) is 6.44. The molecule has 1 aromatic heterocycles. The number of benzene rings is 2. The SMILES string of the molecule is CCOc1ccccc1NC(=O)COC(=O)c1cc(-c2ccc(Br)cc2)n[nH]1. The molecule has 7 nitrogen and oxygen atoms in total. The fourth-order valence-corrected chi connectivity index (χ4v) is 2.71. The minimum atomic E-state index is -0.663. The number of amides is 1. The highest BCUT2D eigenvalue weighted by atomic mass is 79.9. The number of para-hydroxylation sites is 2. The monoisotopic (exact) mass is 443 g/mol. The van der Waals surface area contributed by atoms with Crippen LogP contribution in [0.3, 0.4) is 0 Å². The number of nitrogens with one attached hydrogen (secondary N) is 2. The molecule has 0 radical (unpaired) electrons. The van der Waals surface area contributed by atoms with E-state index in [4.69, 9.17) is 9.47 Å². The Labute approximate surface area is 170 Å². The number of anilines is 1. The number of rotatable bonds is 7. The number of aromatic amines is 1. The van der Waals surface area contributed by atoms with Gasteiger partial charge in [-0.15, -0.1) is 0 Å². The Balaban J connectivity index is 1.57. The molecule has 144 valence electrons. The van der Waals surface area contributed by atoms with Crippen LogP contribution < -0.4 is 10.1 Å². The van der Waals surface area contributed by atoms with Crippen LogP contribution in [0.4, 0.5) is 5.69 Å². The second-order valence-corrected chi connectivity index (χ2v) is 6.64. The van der Waals surface area contributed by atoms with Crippen LogP contribution >= 0.6 is 15.9 Å². The van der Waals surface area contributed by atoms with Gasteiger partial charge in [-0.25, -0.2) is 4.79 Å². The van der Waals surface area contributed by atoms with E-state index >= 15 is 0 Å². The van der Waals surface area contributed by atoms with Crippen molar-refractivity contribution in [1.82, 2.24) is 10.2 Å². The molecule has 0 saturated carbocycles. The van der Waals surface area contributed by atoms with E-state index < -0.39 is 18.5 Å². The molecule has 1 amide bonds. The van der Waals surface area contributed by atoms with Crippen LogP contribution in [0, 0.1) is 0 Å². The maximum absolute atomic E-state index is 12.2. The number of esters is 1. The Morgan fingerprint density at radius 2 is 1.89 bits per heavy atom. The van der Waals surface area contributed by atoms with Crippen LogP contribution in [0.1, 0.15) is 17.4 Å². The topological polar surface area (TPSA) is 93.3 Å². The second-order valence-electron chi connectivity index (χ2n) is 5.73. The lowest BCUT2D eigenvalue weighted by molar-refractivity contribution is -0.119. The van der Waals surface area contributed by atoms with E-state index in [1.54, 1.807) is 24.3 Å². The van der Waals surface area contributed by atoms with Gasteiger partial charge in [0.05, 0.1) is 18.0 Å². The van der Waals surface area contributed by atoms with Gasteiger partial charge in [0.2, 0.25) is 0 Å². The van der Waals surface area contributed by atoms with Crippen molar-refractivity contribution >= 4 is 33.5 Å². The maximum Gasteiger partial charge on any atom is 0.356 e. The highest BCUT2D eigenvalue weighted by molar-refractivity contribution is 9.10. The molecule has 3 aromatic rings. The van der Waals surface area contributed by atoms with Gasteiger partial charge < -0.3 is 14.8 Å². The van der Waals surface area contributed by atoms with Crippen molar-refractivity contribution in [3.63, 3.8) is 0 Å². The molecule has 8 heteroatoms. The molecule has 0 bridgehead atoms. The number of carbonyl (C=O) groups excluding carboxylic acids is 2. The zero-order valence-corrected chi connectivity index (χ0v) is 16.7. The fourth-order valence-electron chi connectivity index (χ4n) is 2.44. The molecule has 0 atom stereocenters. The van der Waals surface area contributed by atoms with E-state index in [1.165, 1.54) is 0 Å². The maximum atomic E-state index is 12.2. The highest BCUT2D eigenvalue weighted by Gasteiger charge is 2.15. The van der Waals surface area contributed by atoms with Crippen molar-refractivity contribution in [3.05, 3.63) is 64.8 Å². The second kappa shape index (κ2) is 9.18. The first kappa shape index (κ1) is 19.6. The number of carbonyl (C=O) groups is 2. The Morgan fingerprint density at radius 3 is 2.64 bits per heavy atom. The van der Waals surface area contributed by atoms with Gasteiger partial charge in [0.25, 0.3) is 5.91 Å². The van der Waals surface area contributed by atoms with Crippen LogP contribution in [-0.4, -0.2) is 35.3 Å². The van der Waals surface area contributed by atoms with E-state index in [0.717, 1.165) is 10.0 Å². The zero-order valence-electron chi connectivity index (χ0n) is 15.1. The minimum Gasteiger partial charge on any atom is -0.492 e. The van der Waals surface area contributed by atoms with Gasteiger partial charge >= 0.3 is 5.97 Å². The molecule has 3 rings (SSSR count). The summed E-state index contributed by atoms with van der Waals surface area (Å²) < 4.78 is 11.5. The third-order valence-corrected chi connectivity index (χ3v) is 4.26. The van der Waals surface area contributed by atoms with Gasteiger partial charge in [-0.05, 0) is 37.3 Å². The molecule has 1 heterocycles. The average molecular weight is 444 g/mol. The van der Waals surface area contributed by atoms with Crippen molar-refractivity contribution < 1.29 is 19.1 Å². The summed E-state index contributed by atoms with van der Waals surface area (Å²) in [4.78, 5) is 24.3. The Bertz CT molecular complexity index is 970. The normalized spacial score (nSPS) is 10.4. The fraction of sp³-hybridized carbons (Fsp3) is 0.150. The quantitative estimate of drug-likeness (QED) is 0.537. The smallest absolute Gasteiger partial charge is 0.356 e. The summed E-state index contributed by atoms with van der Waals surface area (Å²) in [7, 11) is 0. The lowest BCUT2D eigenvalue weighted by atomic mass is 10.1. The van der Waals surface area contributed by atoms with E-state index in [-0.39, 0.29) is 5.69 Å². The number of ether oxygens (including phenoxy) is 2. The highest BCUT2D eigenvalue weighted by Crippen LogP contribution is 2.23. The largest absolute Gasteiger partial charge is 0.492 e. The molecular formula is C20H18BrN3O4. The van der Waals surface area contributed by atoms with Gasteiger partial charge in [0.15, 0.2) is 6.61 Å². The number of aromatic nitrogens is 2. The molecule has 0 saturated heterocycles.